The molecule has 13 heteroatoms. The molecule has 0 radical (unpaired) electrons. The summed E-state index contributed by atoms with van der Waals surface area (Å²) < 4.78 is 20.0. The number of imide groups is 1. The number of carbonyl (C=O) groups excluding carboxylic acids is 2. The number of aliphatic carboxylic acids is 1. The maximum Gasteiger partial charge on any atom is 0.455 e. The van der Waals surface area contributed by atoms with Gasteiger partial charge in [-0.2, -0.15) is 0 Å². The molecular weight excluding hydrogens is 876 g/mol. The van der Waals surface area contributed by atoms with Crippen molar-refractivity contribution in [2.75, 3.05) is 20.3 Å². The van der Waals surface area contributed by atoms with Gasteiger partial charge in [0.05, 0.1) is 35.2 Å². The van der Waals surface area contributed by atoms with Crippen molar-refractivity contribution >= 4 is 72.3 Å². The van der Waals surface area contributed by atoms with Gasteiger partial charge in [0.25, 0.3) is 8.32 Å². The van der Waals surface area contributed by atoms with Crippen molar-refractivity contribution < 1.29 is 43.4 Å². The minimum Gasteiger partial charge on any atom is -0.504 e. The van der Waals surface area contributed by atoms with E-state index >= 15 is 0 Å². The van der Waals surface area contributed by atoms with Crippen LogP contribution in [0.2, 0.25) is 11.4 Å². The number of benzene rings is 3. The average Bonchev–Trinajstić information content (AvgIpc) is 3.45. The second-order valence-electron chi connectivity index (χ2n) is 17.0. The number of halogens is 1. The van der Waals surface area contributed by atoms with Gasteiger partial charge in [-0.25, -0.2) is 0 Å². The van der Waals surface area contributed by atoms with Gasteiger partial charge in [0.1, 0.15) is 0 Å². The zero-order valence-electron chi connectivity index (χ0n) is 34.8. The highest BCUT2D eigenvalue weighted by Crippen LogP contribution is 2.51. The van der Waals surface area contributed by atoms with Gasteiger partial charge in [-0.05, 0) is 118 Å². The van der Waals surface area contributed by atoms with E-state index in [-0.39, 0.29) is 48.5 Å². The third-order valence-corrected chi connectivity index (χ3v) is 18.2. The van der Waals surface area contributed by atoms with E-state index in [4.69, 9.17) is 18.9 Å². The number of carboxylic acids is 1. The molecule has 3 aromatic rings. The van der Waals surface area contributed by atoms with Gasteiger partial charge in [-0.3, -0.25) is 19.3 Å². The van der Waals surface area contributed by atoms with E-state index in [1.807, 2.05) is 24.3 Å². The lowest BCUT2D eigenvalue weighted by Crippen LogP contribution is -2.66. The summed E-state index contributed by atoms with van der Waals surface area (Å²) in [5.74, 6) is -2.40. The molecule has 2 aliphatic heterocycles. The van der Waals surface area contributed by atoms with Gasteiger partial charge < -0.3 is 29.1 Å². The van der Waals surface area contributed by atoms with Crippen LogP contribution in [0.15, 0.2) is 89.5 Å². The number of amides is 2. The maximum absolute atomic E-state index is 14.3. The van der Waals surface area contributed by atoms with Crippen molar-refractivity contribution in [3.8, 4) is 11.5 Å². The molecule has 3 N–H and O–H groups in total. The number of ether oxygens (including phenoxy) is 1. The normalized spacial score (nSPS) is 21.2. The highest BCUT2D eigenvalue weighted by molar-refractivity contribution is 14.1. The molecular formula is C46H57BINO9Si. The Morgan fingerprint density at radius 1 is 0.983 bits per heavy atom. The third-order valence-electron chi connectivity index (χ3n) is 12.4. The van der Waals surface area contributed by atoms with Crippen LogP contribution in [-0.2, 0) is 23.5 Å². The molecule has 3 aliphatic rings. The van der Waals surface area contributed by atoms with Crippen LogP contribution in [0, 0.1) is 21.3 Å². The number of rotatable bonds is 17. The fourth-order valence-corrected chi connectivity index (χ4v) is 14.8. The van der Waals surface area contributed by atoms with Crippen molar-refractivity contribution in [2.24, 2.45) is 17.8 Å². The van der Waals surface area contributed by atoms with Crippen LogP contribution in [-0.4, -0.2) is 79.7 Å². The first-order valence-electron chi connectivity index (χ1n) is 20.8. The second kappa shape index (κ2) is 19.3. The topological polar surface area (TPSA) is 143 Å². The molecule has 0 bridgehead atoms. The monoisotopic (exact) mass is 933 g/mol. The quantitative estimate of drug-likeness (QED) is 0.0410. The van der Waals surface area contributed by atoms with E-state index in [1.54, 1.807) is 0 Å². The Morgan fingerprint density at radius 3 is 2.24 bits per heavy atom. The first-order chi connectivity index (χ1) is 28.2. The van der Waals surface area contributed by atoms with Crippen molar-refractivity contribution in [3.05, 3.63) is 98.6 Å². The number of phenols is 1. The smallest absolute Gasteiger partial charge is 0.455 e. The van der Waals surface area contributed by atoms with Crippen LogP contribution >= 0.6 is 22.6 Å². The molecule has 0 saturated carbocycles. The molecule has 314 valence electrons. The number of unbranched alkanes of at least 4 members (excludes halogenated alkanes) is 2. The summed E-state index contributed by atoms with van der Waals surface area (Å²) in [7, 11) is -2.59. The van der Waals surface area contributed by atoms with E-state index in [0.717, 1.165) is 39.1 Å². The van der Waals surface area contributed by atoms with Crippen LogP contribution in [0.1, 0.15) is 84.6 Å². The van der Waals surface area contributed by atoms with E-state index in [1.165, 1.54) is 12.0 Å². The van der Waals surface area contributed by atoms with Crippen molar-refractivity contribution in [2.45, 2.75) is 96.5 Å². The molecule has 59 heavy (non-hydrogen) atoms. The van der Waals surface area contributed by atoms with Gasteiger partial charge in [0.2, 0.25) is 11.8 Å². The largest absolute Gasteiger partial charge is 0.504 e. The van der Waals surface area contributed by atoms with Crippen LogP contribution in [0.4, 0.5) is 0 Å². The maximum atomic E-state index is 14.3. The summed E-state index contributed by atoms with van der Waals surface area (Å²) in [4.78, 5) is 41.1. The number of allylic oxidation sites excluding steroid dienone is 1. The number of likely N-dealkylation sites (tertiary alicyclic amines) is 1. The molecule has 2 amide bonds. The van der Waals surface area contributed by atoms with Crippen molar-refractivity contribution in [3.63, 3.8) is 0 Å². The lowest BCUT2D eigenvalue weighted by atomic mass is 9.58. The van der Waals surface area contributed by atoms with Crippen molar-refractivity contribution in [1.82, 2.24) is 4.90 Å². The summed E-state index contributed by atoms with van der Waals surface area (Å²) in [5, 5.41) is 32.9. The Labute approximate surface area is 363 Å². The lowest BCUT2D eigenvalue weighted by molar-refractivity contribution is -0.141. The second-order valence-corrected chi connectivity index (χ2v) is 22.5. The molecule has 4 atom stereocenters. The van der Waals surface area contributed by atoms with Gasteiger partial charge >= 0.3 is 13.1 Å². The number of carbonyl (C=O) groups is 3. The fourth-order valence-electron chi connectivity index (χ4n) is 9.60. The number of hydrogen-bond donors (Lipinski definition) is 3. The summed E-state index contributed by atoms with van der Waals surface area (Å²) in [6.07, 6.45) is 5.76. The molecule has 2 fully saturated rings. The molecule has 6 rings (SSSR count). The molecule has 0 aromatic heterocycles. The highest BCUT2D eigenvalue weighted by atomic mass is 127. The SMILES string of the molecule is CC/C(=C\c1cc(I)c(O)c(OC)c1)CC[C@H]1OB(O)C[C@H]2C1=C(CO[Si](c1ccccc1)(c1ccccc1)C(C)(C)C)C[C@H]1C(=O)N(CCCCCC(=O)O)C(=O)[C@H]12. The summed E-state index contributed by atoms with van der Waals surface area (Å²) in [6.45, 7) is 9.29. The molecule has 2 heterocycles. The number of methoxy groups -OCH3 is 1. The van der Waals surface area contributed by atoms with E-state index in [2.05, 4.69) is 105 Å². The fraction of sp³-hybridized carbons (Fsp3) is 0.457. The van der Waals surface area contributed by atoms with Gasteiger partial charge in [0.15, 0.2) is 11.5 Å². The molecule has 0 unspecified atom stereocenters. The summed E-state index contributed by atoms with van der Waals surface area (Å²) >= 11 is 2.10. The Balaban J connectivity index is 1.39. The third kappa shape index (κ3) is 9.59. The predicted octanol–water partition coefficient (Wildman–Crippen LogP) is 7.60. The van der Waals surface area contributed by atoms with Crippen LogP contribution in [0.25, 0.3) is 6.08 Å². The first kappa shape index (κ1) is 44.8. The Hall–Kier alpha value is -3.76. The molecule has 1 aliphatic carbocycles. The van der Waals surface area contributed by atoms with Crippen LogP contribution in [0.5, 0.6) is 11.5 Å². The standard InChI is InChI=1S/C46H57BINO9Si/c1-6-30(24-31-25-37(48)43(52)39(26-31)56-5)21-22-38-41-32(29-57-59(46(2,3)4,33-16-10-7-11-17-33)34-18-12-8-13-19-34)27-35-42(36(41)28-47(55)58-38)45(54)49(44(35)53)23-15-9-14-20-40(50)51/h7-8,10-13,16-19,24-26,35-36,38,42,52,55H,6,9,14-15,20-23,27-29H2,1-5H3,(H,50,51)/b30-24+/t35-,36+,38-,42-/m1/s1. The van der Waals surface area contributed by atoms with Crippen molar-refractivity contribution in [1.29, 1.82) is 0 Å². The number of aromatic hydroxyl groups is 1. The Morgan fingerprint density at radius 2 is 1.64 bits per heavy atom. The first-order valence-corrected chi connectivity index (χ1v) is 23.8. The molecule has 0 spiro atoms. The molecule has 2 saturated heterocycles. The van der Waals surface area contributed by atoms with E-state index in [0.29, 0.717) is 47.8 Å². The number of carboxylic acid groups (broad SMARTS) is 1. The zero-order valence-corrected chi connectivity index (χ0v) is 37.9. The zero-order chi connectivity index (χ0) is 42.5. The Kier molecular flexibility index (Phi) is 14.7. The molecule has 10 nitrogen and oxygen atoms in total. The Bertz CT molecular complexity index is 2010. The van der Waals surface area contributed by atoms with E-state index < -0.39 is 45.3 Å². The minimum atomic E-state index is -3.00. The summed E-state index contributed by atoms with van der Waals surface area (Å²) in [5.41, 5.74) is 3.98. The highest BCUT2D eigenvalue weighted by Gasteiger charge is 2.58. The molecule has 3 aromatic carbocycles. The van der Waals surface area contributed by atoms with Gasteiger partial charge in [-0.1, -0.05) is 106 Å². The average molecular weight is 934 g/mol. The number of hydrogen-bond acceptors (Lipinski definition) is 8. The van der Waals surface area contributed by atoms with Gasteiger partial charge in [-0.15, -0.1) is 0 Å². The summed E-state index contributed by atoms with van der Waals surface area (Å²) in [6, 6.07) is 24.6. The van der Waals surface area contributed by atoms with Crippen LogP contribution in [0.3, 0.4) is 0 Å². The number of phenolic OH excluding ortho intramolecular Hbond substituents is 1. The minimum absolute atomic E-state index is 0.0494. The number of fused-ring (bicyclic) bond motifs is 3. The lowest BCUT2D eigenvalue weighted by Gasteiger charge is -2.46. The predicted molar refractivity (Wildman–Crippen MR) is 241 cm³/mol. The number of nitrogens with zero attached hydrogens (tertiary/aromatic N) is 1. The van der Waals surface area contributed by atoms with Crippen LogP contribution < -0.4 is 15.1 Å². The van der Waals surface area contributed by atoms with Gasteiger partial charge in [0, 0.05) is 13.0 Å². The van der Waals surface area contributed by atoms with E-state index in [9.17, 15) is 24.5 Å².